The molecule has 0 saturated heterocycles. The maximum absolute atomic E-state index is 6.71. The highest BCUT2D eigenvalue weighted by atomic mass is 32.1. The van der Waals surface area contributed by atoms with Crippen molar-refractivity contribution in [3.8, 4) is 44.9 Å². The summed E-state index contributed by atoms with van der Waals surface area (Å²) in [5, 5.41) is 7.86. The van der Waals surface area contributed by atoms with Crippen LogP contribution in [0.4, 0.5) is 0 Å². The summed E-state index contributed by atoms with van der Waals surface area (Å²) < 4.78 is 15.1. The second-order valence-electron chi connectivity index (χ2n) is 14.1. The molecular formula is C50H28N2O2S. The lowest BCUT2D eigenvalue weighted by molar-refractivity contribution is 0.669. The van der Waals surface area contributed by atoms with Gasteiger partial charge >= 0.3 is 0 Å². The highest BCUT2D eigenvalue weighted by molar-refractivity contribution is 7.26. The smallest absolute Gasteiger partial charge is 0.161 e. The van der Waals surface area contributed by atoms with Crippen molar-refractivity contribution >= 4 is 86.3 Å². The Labute approximate surface area is 318 Å². The molecule has 4 aromatic heterocycles. The summed E-state index contributed by atoms with van der Waals surface area (Å²) in [6.45, 7) is 0. The average molecular weight is 721 g/mol. The Hall–Kier alpha value is -7.08. The van der Waals surface area contributed by atoms with Crippen molar-refractivity contribution < 1.29 is 8.83 Å². The van der Waals surface area contributed by atoms with E-state index in [4.69, 9.17) is 18.8 Å². The first-order valence-corrected chi connectivity index (χ1v) is 19.2. The molecule has 55 heavy (non-hydrogen) atoms. The van der Waals surface area contributed by atoms with Gasteiger partial charge in [0.25, 0.3) is 0 Å². The summed E-state index contributed by atoms with van der Waals surface area (Å²) in [6, 6.07) is 59.6. The number of nitrogens with zero attached hydrogens (tertiary/aromatic N) is 2. The molecule has 0 spiro atoms. The first-order chi connectivity index (χ1) is 27.2. The first kappa shape index (κ1) is 30.4. The number of thiophene rings is 1. The lowest BCUT2D eigenvalue weighted by Crippen LogP contribution is -1.94. The zero-order chi connectivity index (χ0) is 36.0. The van der Waals surface area contributed by atoms with Crippen molar-refractivity contribution in [3.63, 3.8) is 0 Å². The number of hydrogen-bond donors (Lipinski definition) is 0. The van der Waals surface area contributed by atoms with Gasteiger partial charge in [-0.3, -0.25) is 0 Å². The molecule has 0 aliphatic heterocycles. The van der Waals surface area contributed by atoms with Crippen molar-refractivity contribution in [1.29, 1.82) is 0 Å². The highest BCUT2D eigenvalue weighted by Crippen LogP contribution is 2.44. The minimum Gasteiger partial charge on any atom is -0.456 e. The predicted octanol–water partition coefficient (Wildman–Crippen LogP) is 14.5. The maximum atomic E-state index is 6.71. The third kappa shape index (κ3) is 4.70. The van der Waals surface area contributed by atoms with Gasteiger partial charge in [0, 0.05) is 48.3 Å². The first-order valence-electron chi connectivity index (χ1n) is 18.4. The summed E-state index contributed by atoms with van der Waals surface area (Å²) in [5.74, 6) is 0.678. The quantitative estimate of drug-likeness (QED) is 0.182. The number of rotatable bonds is 4. The van der Waals surface area contributed by atoms with E-state index in [0.717, 1.165) is 98.6 Å². The molecule has 0 radical (unpaired) electrons. The number of benzene rings is 8. The maximum Gasteiger partial charge on any atom is 0.161 e. The summed E-state index contributed by atoms with van der Waals surface area (Å²) in [7, 11) is 0. The number of aromatic nitrogens is 2. The van der Waals surface area contributed by atoms with E-state index in [9.17, 15) is 0 Å². The zero-order valence-corrected chi connectivity index (χ0v) is 30.1. The molecule has 5 heteroatoms. The summed E-state index contributed by atoms with van der Waals surface area (Å²) >= 11 is 1.75. The summed E-state index contributed by atoms with van der Waals surface area (Å²) in [4.78, 5) is 10.7. The normalized spacial score (nSPS) is 12.0. The van der Waals surface area contributed by atoms with Crippen molar-refractivity contribution in [2.24, 2.45) is 0 Å². The van der Waals surface area contributed by atoms with Crippen LogP contribution in [-0.2, 0) is 0 Å². The number of hydrogen-bond acceptors (Lipinski definition) is 5. The topological polar surface area (TPSA) is 52.1 Å². The third-order valence-corrected chi connectivity index (χ3v) is 12.1. The number of fused-ring (bicyclic) bond motifs is 10. The molecule has 0 aliphatic carbocycles. The molecule has 12 aromatic rings. The van der Waals surface area contributed by atoms with Gasteiger partial charge in [-0.05, 0) is 63.9 Å². The molecule has 0 atom stereocenters. The van der Waals surface area contributed by atoms with Crippen LogP contribution in [0.1, 0.15) is 0 Å². The number of para-hydroxylation sites is 2. The zero-order valence-electron chi connectivity index (χ0n) is 29.3. The van der Waals surface area contributed by atoms with E-state index in [1.807, 2.05) is 24.3 Å². The molecule has 0 N–H and O–H groups in total. The van der Waals surface area contributed by atoms with Gasteiger partial charge < -0.3 is 8.83 Å². The van der Waals surface area contributed by atoms with Gasteiger partial charge in [-0.2, -0.15) is 0 Å². The van der Waals surface area contributed by atoms with Crippen LogP contribution in [0.2, 0.25) is 0 Å². The Morgan fingerprint density at radius 3 is 2.04 bits per heavy atom. The minimum absolute atomic E-state index is 0.678. The predicted molar refractivity (Wildman–Crippen MR) is 229 cm³/mol. The van der Waals surface area contributed by atoms with Crippen LogP contribution in [0.5, 0.6) is 0 Å². The Bertz CT molecular complexity index is 3500. The molecule has 4 nitrogen and oxygen atoms in total. The standard InChI is InChI=1S/C50H28N2O2S/c1-2-10-32-27-34(24-21-29(32)9-1)35-13-7-14-38-45-39(15-8-17-43(45)54-48(35)38)50-51-46(49-47(52-50)37-12-4-6-18-44(37)55-49)31-22-19-30(20-23-31)33-25-26-42-40(28-33)36-11-3-5-16-41(36)53-42/h1-28H. The molecule has 0 bridgehead atoms. The Balaban J connectivity index is 1.03. The van der Waals surface area contributed by atoms with Crippen molar-refractivity contribution in [2.45, 2.75) is 0 Å². The van der Waals surface area contributed by atoms with Crippen molar-refractivity contribution in [2.75, 3.05) is 0 Å². The Morgan fingerprint density at radius 1 is 0.418 bits per heavy atom. The van der Waals surface area contributed by atoms with Crippen LogP contribution in [0.25, 0.3) is 120 Å². The number of furan rings is 2. The average Bonchev–Trinajstić information content (AvgIpc) is 3.94. The van der Waals surface area contributed by atoms with Crippen LogP contribution in [0.15, 0.2) is 179 Å². The Morgan fingerprint density at radius 2 is 1.11 bits per heavy atom. The van der Waals surface area contributed by atoms with Crippen LogP contribution >= 0.6 is 11.3 Å². The van der Waals surface area contributed by atoms with E-state index >= 15 is 0 Å². The van der Waals surface area contributed by atoms with Gasteiger partial charge in [-0.25, -0.2) is 9.97 Å². The molecule has 8 aromatic carbocycles. The monoisotopic (exact) mass is 720 g/mol. The molecular weight excluding hydrogens is 693 g/mol. The molecule has 256 valence electrons. The van der Waals surface area contributed by atoms with Crippen LogP contribution in [-0.4, -0.2) is 9.97 Å². The van der Waals surface area contributed by atoms with Crippen LogP contribution < -0.4 is 0 Å². The minimum atomic E-state index is 0.678. The third-order valence-electron chi connectivity index (χ3n) is 10.9. The van der Waals surface area contributed by atoms with E-state index in [1.165, 1.54) is 15.5 Å². The van der Waals surface area contributed by atoms with Gasteiger partial charge in [-0.15, -0.1) is 11.3 Å². The van der Waals surface area contributed by atoms with E-state index in [1.54, 1.807) is 11.3 Å². The van der Waals surface area contributed by atoms with E-state index in [0.29, 0.717) is 5.82 Å². The molecule has 0 aliphatic rings. The van der Waals surface area contributed by atoms with Gasteiger partial charge in [0.15, 0.2) is 5.82 Å². The Kier molecular flexibility index (Phi) is 6.47. The molecule has 4 heterocycles. The molecule has 0 amide bonds. The van der Waals surface area contributed by atoms with E-state index in [-0.39, 0.29) is 0 Å². The van der Waals surface area contributed by atoms with Gasteiger partial charge in [0.2, 0.25) is 0 Å². The van der Waals surface area contributed by atoms with Gasteiger partial charge in [-0.1, -0.05) is 133 Å². The van der Waals surface area contributed by atoms with Crippen molar-refractivity contribution in [1.82, 2.24) is 9.97 Å². The lowest BCUT2D eigenvalue weighted by atomic mass is 9.98. The van der Waals surface area contributed by atoms with Crippen LogP contribution in [0, 0.1) is 0 Å². The molecule has 0 fully saturated rings. The SMILES string of the molecule is c1ccc2cc(-c3cccc4c3oc3cccc(-c5nc(-c6ccc(-c7ccc8oc9ccccc9c8c7)cc6)c6sc7ccccc7c6n5)c34)ccc2c1. The van der Waals surface area contributed by atoms with Gasteiger partial charge in [0.05, 0.1) is 15.9 Å². The lowest BCUT2D eigenvalue weighted by Gasteiger charge is -2.09. The fraction of sp³-hybridized carbons (Fsp3) is 0. The summed E-state index contributed by atoms with van der Waals surface area (Å²) in [5.41, 5.74) is 11.8. The van der Waals surface area contributed by atoms with Crippen molar-refractivity contribution in [3.05, 3.63) is 170 Å². The second kappa shape index (κ2) is 11.7. The van der Waals surface area contributed by atoms with E-state index in [2.05, 4.69) is 146 Å². The second-order valence-corrected chi connectivity index (χ2v) is 15.1. The fourth-order valence-corrected chi connectivity index (χ4v) is 9.41. The fourth-order valence-electron chi connectivity index (χ4n) is 8.25. The van der Waals surface area contributed by atoms with Crippen LogP contribution in [0.3, 0.4) is 0 Å². The molecule has 0 saturated carbocycles. The van der Waals surface area contributed by atoms with Gasteiger partial charge in [0.1, 0.15) is 22.3 Å². The largest absolute Gasteiger partial charge is 0.456 e. The highest BCUT2D eigenvalue weighted by Gasteiger charge is 2.21. The summed E-state index contributed by atoms with van der Waals surface area (Å²) in [6.07, 6.45) is 0. The van der Waals surface area contributed by atoms with E-state index < -0.39 is 0 Å². The molecule has 0 unspecified atom stereocenters. The molecule has 12 rings (SSSR count).